The molecule has 3 rings (SSSR count). The Hall–Kier alpha value is -1.51. The van der Waals surface area contributed by atoms with Crippen molar-refractivity contribution in [1.82, 2.24) is 5.32 Å². The highest BCUT2D eigenvalue weighted by atomic mass is 16.1. The molecule has 2 N–H and O–H groups in total. The van der Waals surface area contributed by atoms with Crippen LogP contribution >= 0.6 is 0 Å². The Morgan fingerprint density at radius 2 is 1.90 bits per heavy atom. The third kappa shape index (κ3) is 3.14. The number of nitrogens with one attached hydrogen (secondary N) is 2. The van der Waals surface area contributed by atoms with Gasteiger partial charge in [-0.25, -0.2) is 0 Å². The van der Waals surface area contributed by atoms with Crippen LogP contribution in [0.2, 0.25) is 0 Å². The maximum Gasteiger partial charge on any atom is 0.251 e. The molecule has 0 saturated heterocycles. The Bertz CT molecular complexity index is 464. The van der Waals surface area contributed by atoms with Crippen molar-refractivity contribution in [2.45, 2.75) is 57.5 Å². The summed E-state index contributed by atoms with van der Waals surface area (Å²) < 4.78 is 0. The van der Waals surface area contributed by atoms with Crippen LogP contribution in [0.4, 0.5) is 5.69 Å². The Morgan fingerprint density at radius 1 is 1.15 bits per heavy atom. The quantitative estimate of drug-likeness (QED) is 0.860. The SMILES string of the molecule is CCC1CCCC1Nc1ccc(C(=O)NC2CC2)cc1. The van der Waals surface area contributed by atoms with E-state index in [0.717, 1.165) is 30.0 Å². The first-order valence-corrected chi connectivity index (χ1v) is 7.93. The van der Waals surface area contributed by atoms with Crippen molar-refractivity contribution in [3.63, 3.8) is 0 Å². The fraction of sp³-hybridized carbons (Fsp3) is 0.588. The zero-order chi connectivity index (χ0) is 13.9. The van der Waals surface area contributed by atoms with Gasteiger partial charge in [0, 0.05) is 23.3 Å². The van der Waals surface area contributed by atoms with Crippen molar-refractivity contribution in [3.8, 4) is 0 Å². The topological polar surface area (TPSA) is 41.1 Å². The van der Waals surface area contributed by atoms with E-state index in [1.165, 1.54) is 25.7 Å². The lowest BCUT2D eigenvalue weighted by Crippen LogP contribution is -2.25. The Labute approximate surface area is 121 Å². The van der Waals surface area contributed by atoms with Gasteiger partial charge in [-0.05, 0) is 55.9 Å². The summed E-state index contributed by atoms with van der Waals surface area (Å²) in [6.45, 7) is 2.27. The van der Waals surface area contributed by atoms with Crippen molar-refractivity contribution in [1.29, 1.82) is 0 Å². The molecule has 0 aromatic heterocycles. The van der Waals surface area contributed by atoms with Crippen molar-refractivity contribution < 1.29 is 4.79 Å². The Morgan fingerprint density at radius 3 is 2.55 bits per heavy atom. The summed E-state index contributed by atoms with van der Waals surface area (Å²) in [7, 11) is 0. The first kappa shape index (κ1) is 13.5. The van der Waals surface area contributed by atoms with Crippen LogP contribution in [0, 0.1) is 5.92 Å². The monoisotopic (exact) mass is 272 g/mol. The Kier molecular flexibility index (Phi) is 3.95. The van der Waals surface area contributed by atoms with Gasteiger partial charge >= 0.3 is 0 Å². The molecule has 1 aromatic carbocycles. The number of carbonyl (C=O) groups excluding carboxylic acids is 1. The highest BCUT2D eigenvalue weighted by Gasteiger charge is 2.26. The average Bonchev–Trinajstić information content (AvgIpc) is 3.16. The van der Waals surface area contributed by atoms with Gasteiger partial charge in [0.1, 0.15) is 0 Å². The molecule has 3 nitrogen and oxygen atoms in total. The molecule has 108 valence electrons. The molecule has 2 saturated carbocycles. The van der Waals surface area contributed by atoms with E-state index < -0.39 is 0 Å². The van der Waals surface area contributed by atoms with Gasteiger partial charge in [-0.2, -0.15) is 0 Å². The molecular weight excluding hydrogens is 248 g/mol. The van der Waals surface area contributed by atoms with Crippen LogP contribution in [0.15, 0.2) is 24.3 Å². The fourth-order valence-electron chi connectivity index (χ4n) is 3.14. The number of hydrogen-bond donors (Lipinski definition) is 2. The van der Waals surface area contributed by atoms with Gasteiger partial charge in [-0.15, -0.1) is 0 Å². The Balaban J connectivity index is 1.59. The molecule has 20 heavy (non-hydrogen) atoms. The number of hydrogen-bond acceptors (Lipinski definition) is 2. The van der Waals surface area contributed by atoms with E-state index in [4.69, 9.17) is 0 Å². The third-order valence-electron chi connectivity index (χ3n) is 4.60. The van der Waals surface area contributed by atoms with Crippen molar-refractivity contribution in [3.05, 3.63) is 29.8 Å². The van der Waals surface area contributed by atoms with Gasteiger partial charge in [0.2, 0.25) is 0 Å². The molecule has 0 heterocycles. The summed E-state index contributed by atoms with van der Waals surface area (Å²) in [4.78, 5) is 11.9. The van der Waals surface area contributed by atoms with Crippen LogP contribution in [0.5, 0.6) is 0 Å². The van der Waals surface area contributed by atoms with E-state index in [-0.39, 0.29) is 5.91 Å². The van der Waals surface area contributed by atoms with Crippen molar-refractivity contribution in [2.24, 2.45) is 5.92 Å². The highest BCUT2D eigenvalue weighted by molar-refractivity contribution is 5.94. The van der Waals surface area contributed by atoms with Crippen LogP contribution in [-0.2, 0) is 0 Å². The molecule has 0 spiro atoms. The number of anilines is 1. The zero-order valence-electron chi connectivity index (χ0n) is 12.2. The molecule has 0 bridgehead atoms. The molecular formula is C17H24N2O. The summed E-state index contributed by atoms with van der Waals surface area (Å²) in [6, 6.07) is 8.95. The van der Waals surface area contributed by atoms with Crippen LogP contribution in [-0.4, -0.2) is 18.0 Å². The second-order valence-corrected chi connectivity index (χ2v) is 6.18. The molecule has 2 fully saturated rings. The van der Waals surface area contributed by atoms with E-state index in [9.17, 15) is 4.79 Å². The average molecular weight is 272 g/mol. The molecule has 2 unspecified atom stereocenters. The molecule has 2 aliphatic rings. The molecule has 1 amide bonds. The fourth-order valence-corrected chi connectivity index (χ4v) is 3.14. The van der Waals surface area contributed by atoms with Crippen LogP contribution in [0.25, 0.3) is 0 Å². The summed E-state index contributed by atoms with van der Waals surface area (Å²) >= 11 is 0. The minimum Gasteiger partial charge on any atom is -0.382 e. The number of carbonyl (C=O) groups is 1. The third-order valence-corrected chi connectivity index (χ3v) is 4.60. The lowest BCUT2D eigenvalue weighted by atomic mass is 10.0. The van der Waals surface area contributed by atoms with E-state index in [1.807, 2.05) is 24.3 Å². The van der Waals surface area contributed by atoms with E-state index >= 15 is 0 Å². The van der Waals surface area contributed by atoms with Gasteiger partial charge < -0.3 is 10.6 Å². The summed E-state index contributed by atoms with van der Waals surface area (Å²) in [5.74, 6) is 0.860. The molecule has 2 atom stereocenters. The molecule has 1 aromatic rings. The maximum absolute atomic E-state index is 11.9. The predicted molar refractivity (Wildman–Crippen MR) is 82.0 cm³/mol. The number of rotatable bonds is 5. The van der Waals surface area contributed by atoms with Crippen molar-refractivity contribution >= 4 is 11.6 Å². The molecule has 0 radical (unpaired) electrons. The lowest BCUT2D eigenvalue weighted by molar-refractivity contribution is 0.0951. The van der Waals surface area contributed by atoms with E-state index in [2.05, 4.69) is 17.6 Å². The first-order chi connectivity index (χ1) is 9.76. The van der Waals surface area contributed by atoms with Gasteiger partial charge in [-0.1, -0.05) is 19.8 Å². The van der Waals surface area contributed by atoms with Crippen LogP contribution in [0.1, 0.15) is 55.8 Å². The highest BCUT2D eigenvalue weighted by Crippen LogP contribution is 2.30. The lowest BCUT2D eigenvalue weighted by Gasteiger charge is -2.21. The maximum atomic E-state index is 11.9. The normalized spacial score (nSPS) is 25.4. The number of benzene rings is 1. The molecule has 0 aliphatic heterocycles. The smallest absolute Gasteiger partial charge is 0.251 e. The minimum atomic E-state index is 0.0614. The standard InChI is InChI=1S/C17H24N2O/c1-2-12-4-3-5-16(12)18-14-8-6-13(7-9-14)17(20)19-15-10-11-15/h6-9,12,15-16,18H,2-5,10-11H2,1H3,(H,19,20). The largest absolute Gasteiger partial charge is 0.382 e. The van der Waals surface area contributed by atoms with Gasteiger partial charge in [0.05, 0.1) is 0 Å². The first-order valence-electron chi connectivity index (χ1n) is 7.93. The summed E-state index contributed by atoms with van der Waals surface area (Å²) in [6.07, 6.45) is 7.45. The van der Waals surface area contributed by atoms with Crippen LogP contribution < -0.4 is 10.6 Å². The number of amides is 1. The van der Waals surface area contributed by atoms with Crippen molar-refractivity contribution in [2.75, 3.05) is 5.32 Å². The molecule has 3 heteroatoms. The molecule has 2 aliphatic carbocycles. The van der Waals surface area contributed by atoms with Gasteiger partial charge in [0.25, 0.3) is 5.91 Å². The zero-order valence-corrected chi connectivity index (χ0v) is 12.2. The van der Waals surface area contributed by atoms with E-state index in [1.54, 1.807) is 0 Å². The second-order valence-electron chi connectivity index (χ2n) is 6.18. The second kappa shape index (κ2) is 5.86. The van der Waals surface area contributed by atoms with Gasteiger partial charge in [-0.3, -0.25) is 4.79 Å². The summed E-state index contributed by atoms with van der Waals surface area (Å²) in [5, 5.41) is 6.65. The predicted octanol–water partition coefficient (Wildman–Crippen LogP) is 3.57. The minimum absolute atomic E-state index is 0.0614. The van der Waals surface area contributed by atoms with Crippen LogP contribution in [0.3, 0.4) is 0 Å². The van der Waals surface area contributed by atoms with E-state index in [0.29, 0.717) is 12.1 Å². The summed E-state index contributed by atoms with van der Waals surface area (Å²) in [5.41, 5.74) is 1.90. The van der Waals surface area contributed by atoms with Gasteiger partial charge in [0.15, 0.2) is 0 Å².